The molecule has 6 heteroatoms. The molecule has 4 nitrogen and oxygen atoms in total. The molecule has 4 aromatic rings. The fraction of sp³-hybridized carbons (Fsp3) is 0.0741. The second-order valence-corrected chi connectivity index (χ2v) is 8.39. The number of nitrogens with zero attached hydrogens (tertiary/aromatic N) is 2. The third-order valence-corrected chi connectivity index (χ3v) is 5.97. The summed E-state index contributed by atoms with van der Waals surface area (Å²) in [6.45, 7) is 2.02. The molecule has 3 aromatic carbocycles. The van der Waals surface area contributed by atoms with Crippen LogP contribution < -0.4 is 5.32 Å². The molecule has 0 aliphatic rings. The van der Waals surface area contributed by atoms with E-state index in [0.29, 0.717) is 16.3 Å². The van der Waals surface area contributed by atoms with Gasteiger partial charge >= 0.3 is 0 Å². The molecule has 1 amide bonds. The van der Waals surface area contributed by atoms with Gasteiger partial charge in [0.15, 0.2) is 0 Å². The molecule has 0 fully saturated rings. The van der Waals surface area contributed by atoms with Crippen LogP contribution in [-0.4, -0.2) is 16.6 Å². The number of hydrogen-bond donors (Lipinski definition) is 1. The highest BCUT2D eigenvalue weighted by molar-refractivity contribution is 8.00. The van der Waals surface area contributed by atoms with Crippen molar-refractivity contribution in [3.63, 3.8) is 0 Å². The zero-order valence-corrected chi connectivity index (χ0v) is 18.7. The normalized spacial score (nSPS) is 10.5. The van der Waals surface area contributed by atoms with Crippen LogP contribution in [0.4, 0.5) is 10.1 Å². The highest BCUT2D eigenvalue weighted by Crippen LogP contribution is 2.34. The number of amides is 1. The minimum absolute atomic E-state index is 0.0602. The molecule has 0 aliphatic carbocycles. The van der Waals surface area contributed by atoms with Gasteiger partial charge in [-0.1, -0.05) is 71.9 Å². The minimum Gasteiger partial charge on any atom is -0.325 e. The number of nitrogens with one attached hydrogen (secondary N) is 1. The Kier molecular flexibility index (Phi) is 6.82. The number of carbonyl (C=O) groups excluding carboxylic acids is 1. The van der Waals surface area contributed by atoms with Crippen molar-refractivity contribution in [3.8, 4) is 28.5 Å². The molecule has 0 atom stereocenters. The zero-order valence-electron chi connectivity index (χ0n) is 17.9. The molecule has 162 valence electrons. The second kappa shape index (κ2) is 10.1. The summed E-state index contributed by atoms with van der Waals surface area (Å²) in [6.07, 6.45) is 0. The molecule has 1 heterocycles. The fourth-order valence-electron chi connectivity index (χ4n) is 3.32. The molecule has 1 N–H and O–H groups in total. The SMILES string of the molecule is Cc1ccc(-c2cc(-c3ccccc3)c(C#N)c(SCC(=O)Nc3ccc(F)cc3)n2)cc1. The topological polar surface area (TPSA) is 65.8 Å². The van der Waals surface area contributed by atoms with E-state index in [1.165, 1.54) is 36.0 Å². The van der Waals surface area contributed by atoms with E-state index in [1.807, 2.05) is 67.6 Å². The van der Waals surface area contributed by atoms with Crippen molar-refractivity contribution in [2.75, 3.05) is 11.1 Å². The molecule has 0 saturated heterocycles. The molecular formula is C27H20FN3OS. The second-order valence-electron chi connectivity index (χ2n) is 7.42. The summed E-state index contributed by atoms with van der Waals surface area (Å²) >= 11 is 1.20. The molecule has 4 rings (SSSR count). The first kappa shape index (κ1) is 22.3. The molecule has 0 unspecified atom stereocenters. The van der Waals surface area contributed by atoms with Gasteiger partial charge < -0.3 is 5.32 Å². The number of carbonyl (C=O) groups is 1. The summed E-state index contributed by atoms with van der Waals surface area (Å²) in [4.78, 5) is 17.2. The van der Waals surface area contributed by atoms with Crippen molar-refractivity contribution in [2.24, 2.45) is 0 Å². The number of nitriles is 1. The van der Waals surface area contributed by atoms with Crippen LogP contribution in [0.3, 0.4) is 0 Å². The van der Waals surface area contributed by atoms with Crippen LogP contribution in [-0.2, 0) is 4.79 Å². The number of rotatable bonds is 6. The van der Waals surface area contributed by atoms with Crippen molar-refractivity contribution in [3.05, 3.63) is 102 Å². The van der Waals surface area contributed by atoms with Crippen molar-refractivity contribution < 1.29 is 9.18 Å². The van der Waals surface area contributed by atoms with E-state index in [1.54, 1.807) is 0 Å². The number of benzene rings is 3. The Labute approximate surface area is 196 Å². The first-order valence-corrected chi connectivity index (χ1v) is 11.3. The molecular weight excluding hydrogens is 433 g/mol. The van der Waals surface area contributed by atoms with E-state index in [4.69, 9.17) is 4.98 Å². The maximum atomic E-state index is 13.1. The van der Waals surface area contributed by atoms with Crippen LogP contribution in [0, 0.1) is 24.1 Å². The van der Waals surface area contributed by atoms with E-state index in [9.17, 15) is 14.4 Å². The van der Waals surface area contributed by atoms with Gasteiger partial charge in [0.25, 0.3) is 0 Å². The third-order valence-electron chi connectivity index (χ3n) is 5.00. The van der Waals surface area contributed by atoms with Gasteiger partial charge in [0.1, 0.15) is 16.9 Å². The Morgan fingerprint density at radius 1 is 1.00 bits per heavy atom. The Balaban J connectivity index is 1.67. The average molecular weight is 454 g/mol. The summed E-state index contributed by atoms with van der Waals surface area (Å²) in [5.74, 6) is -0.573. The van der Waals surface area contributed by atoms with E-state index < -0.39 is 0 Å². The number of aromatic nitrogens is 1. The number of anilines is 1. The minimum atomic E-state index is -0.369. The van der Waals surface area contributed by atoms with Crippen molar-refractivity contribution in [2.45, 2.75) is 11.9 Å². The van der Waals surface area contributed by atoms with Gasteiger partial charge in [-0.3, -0.25) is 4.79 Å². The summed E-state index contributed by atoms with van der Waals surface area (Å²) in [5, 5.41) is 13.2. The molecule has 33 heavy (non-hydrogen) atoms. The summed E-state index contributed by atoms with van der Waals surface area (Å²) in [7, 11) is 0. The lowest BCUT2D eigenvalue weighted by molar-refractivity contribution is -0.113. The Morgan fingerprint density at radius 3 is 2.36 bits per heavy atom. The number of thioether (sulfide) groups is 1. The lowest BCUT2D eigenvalue weighted by atomic mass is 9.99. The molecule has 0 spiro atoms. The number of halogens is 1. The van der Waals surface area contributed by atoms with E-state index in [-0.39, 0.29) is 17.5 Å². The average Bonchev–Trinajstić information content (AvgIpc) is 2.84. The van der Waals surface area contributed by atoms with Crippen molar-refractivity contribution >= 4 is 23.4 Å². The van der Waals surface area contributed by atoms with E-state index in [2.05, 4.69) is 11.4 Å². The summed E-state index contributed by atoms with van der Waals surface area (Å²) in [5.41, 5.74) is 5.41. The number of pyridine rings is 1. The van der Waals surface area contributed by atoms with Gasteiger partial charge in [-0.2, -0.15) is 5.26 Å². The van der Waals surface area contributed by atoms with Gasteiger partial charge in [0, 0.05) is 16.8 Å². The zero-order chi connectivity index (χ0) is 23.2. The molecule has 0 aliphatic heterocycles. The van der Waals surface area contributed by atoms with Gasteiger partial charge in [-0.25, -0.2) is 9.37 Å². The summed E-state index contributed by atoms with van der Waals surface area (Å²) in [6, 6.07) is 27.5. The lowest BCUT2D eigenvalue weighted by Gasteiger charge is -2.13. The standard InChI is InChI=1S/C27H20FN3OS/c1-18-7-9-20(10-8-18)25-15-23(19-5-3-2-4-6-19)24(16-29)27(31-25)33-17-26(32)30-22-13-11-21(28)12-14-22/h2-15H,17H2,1H3,(H,30,32). The Hall–Kier alpha value is -3.95. The molecule has 0 radical (unpaired) electrons. The molecule has 1 aromatic heterocycles. The maximum absolute atomic E-state index is 13.1. The Morgan fingerprint density at radius 2 is 1.70 bits per heavy atom. The predicted octanol–water partition coefficient (Wildman–Crippen LogP) is 6.47. The first-order chi connectivity index (χ1) is 16.0. The smallest absolute Gasteiger partial charge is 0.234 e. The predicted molar refractivity (Wildman–Crippen MR) is 130 cm³/mol. The van der Waals surface area contributed by atoms with Crippen molar-refractivity contribution in [1.29, 1.82) is 5.26 Å². The quantitative estimate of drug-likeness (QED) is 0.340. The van der Waals surface area contributed by atoms with Gasteiger partial charge in [-0.15, -0.1) is 0 Å². The van der Waals surface area contributed by atoms with Crippen LogP contribution in [0.25, 0.3) is 22.4 Å². The highest BCUT2D eigenvalue weighted by atomic mass is 32.2. The van der Waals surface area contributed by atoms with Crippen LogP contribution in [0.5, 0.6) is 0 Å². The number of aryl methyl sites for hydroxylation is 1. The van der Waals surface area contributed by atoms with Crippen LogP contribution in [0.15, 0.2) is 90.0 Å². The highest BCUT2D eigenvalue weighted by Gasteiger charge is 2.17. The lowest BCUT2D eigenvalue weighted by Crippen LogP contribution is -2.14. The molecule has 0 bridgehead atoms. The van der Waals surface area contributed by atoms with E-state index >= 15 is 0 Å². The summed E-state index contributed by atoms with van der Waals surface area (Å²) < 4.78 is 13.1. The third kappa shape index (κ3) is 5.46. The van der Waals surface area contributed by atoms with Gasteiger partial charge in [0.05, 0.1) is 17.0 Å². The Bertz CT molecular complexity index is 1310. The van der Waals surface area contributed by atoms with E-state index in [0.717, 1.165) is 27.9 Å². The van der Waals surface area contributed by atoms with Gasteiger partial charge in [0.2, 0.25) is 5.91 Å². The molecule has 0 saturated carbocycles. The van der Waals surface area contributed by atoms with Crippen LogP contribution in [0.2, 0.25) is 0 Å². The fourth-order valence-corrected chi connectivity index (χ4v) is 4.12. The monoisotopic (exact) mass is 453 g/mol. The maximum Gasteiger partial charge on any atom is 0.234 e. The first-order valence-electron chi connectivity index (χ1n) is 10.3. The van der Waals surface area contributed by atoms with Crippen molar-refractivity contribution in [1.82, 2.24) is 4.98 Å². The largest absolute Gasteiger partial charge is 0.325 e. The van der Waals surface area contributed by atoms with Gasteiger partial charge in [-0.05, 0) is 42.8 Å². The van der Waals surface area contributed by atoms with Crippen LogP contribution in [0.1, 0.15) is 11.1 Å². The van der Waals surface area contributed by atoms with Crippen LogP contribution >= 0.6 is 11.8 Å². The number of hydrogen-bond acceptors (Lipinski definition) is 4.